The van der Waals surface area contributed by atoms with Crippen molar-refractivity contribution in [3.8, 4) is 22.8 Å². The fraction of sp³-hybridized carbons (Fsp3) is 0.111. The van der Waals surface area contributed by atoms with Gasteiger partial charge in [0.25, 0.3) is 5.91 Å². The number of hydrogen-bond acceptors (Lipinski definition) is 5. The van der Waals surface area contributed by atoms with Crippen molar-refractivity contribution >= 4 is 45.6 Å². The highest BCUT2D eigenvalue weighted by molar-refractivity contribution is 7.14. The number of rotatable bonds is 5. The summed E-state index contributed by atoms with van der Waals surface area (Å²) in [5.41, 5.74) is 1.63. The third-order valence-corrected chi connectivity index (χ3v) is 4.91. The van der Waals surface area contributed by atoms with E-state index in [9.17, 15) is 4.79 Å². The monoisotopic (exact) mass is 408 g/mol. The Morgan fingerprint density at radius 2 is 1.81 bits per heavy atom. The van der Waals surface area contributed by atoms with E-state index >= 15 is 0 Å². The highest BCUT2D eigenvalue weighted by Crippen LogP contribution is 2.34. The van der Waals surface area contributed by atoms with Gasteiger partial charge in [-0.3, -0.25) is 10.1 Å². The zero-order valence-electron chi connectivity index (χ0n) is 13.9. The average molecular weight is 409 g/mol. The summed E-state index contributed by atoms with van der Waals surface area (Å²) in [6, 6.07) is 10.3. The number of methoxy groups -OCH3 is 2. The Morgan fingerprint density at radius 3 is 2.46 bits per heavy atom. The minimum Gasteiger partial charge on any atom is -0.496 e. The summed E-state index contributed by atoms with van der Waals surface area (Å²) in [7, 11) is 2.99. The molecule has 0 bridgehead atoms. The lowest BCUT2D eigenvalue weighted by molar-refractivity contribution is 0.102. The maximum Gasteiger partial charge on any atom is 0.265 e. The molecule has 1 amide bonds. The van der Waals surface area contributed by atoms with Crippen molar-refractivity contribution in [3.63, 3.8) is 0 Å². The first kappa shape index (κ1) is 18.5. The molecule has 0 unspecified atom stereocenters. The largest absolute Gasteiger partial charge is 0.496 e. The SMILES string of the molecule is COc1cccc(OC)c1C(=O)Nc1nc(-c2cc(Cl)ccc2Cl)cs1. The second kappa shape index (κ2) is 7.95. The third kappa shape index (κ3) is 3.77. The number of aromatic nitrogens is 1. The Hall–Kier alpha value is -2.28. The quantitative estimate of drug-likeness (QED) is 0.614. The van der Waals surface area contributed by atoms with E-state index in [0.717, 1.165) is 0 Å². The molecule has 0 radical (unpaired) electrons. The molecule has 0 atom stereocenters. The molecule has 0 saturated carbocycles. The normalized spacial score (nSPS) is 10.5. The first-order valence-corrected chi connectivity index (χ1v) is 9.10. The van der Waals surface area contributed by atoms with Crippen molar-refractivity contribution in [1.29, 1.82) is 0 Å². The van der Waals surface area contributed by atoms with Gasteiger partial charge in [-0.05, 0) is 30.3 Å². The van der Waals surface area contributed by atoms with E-state index in [0.29, 0.717) is 43.5 Å². The molecule has 0 spiro atoms. The number of anilines is 1. The number of thiazole rings is 1. The van der Waals surface area contributed by atoms with E-state index in [1.807, 2.05) is 0 Å². The second-order valence-electron chi connectivity index (χ2n) is 5.15. The van der Waals surface area contributed by atoms with E-state index < -0.39 is 0 Å². The fourth-order valence-corrected chi connectivity index (χ4v) is 3.48. The Balaban J connectivity index is 1.88. The van der Waals surface area contributed by atoms with Crippen LogP contribution < -0.4 is 14.8 Å². The summed E-state index contributed by atoms with van der Waals surface area (Å²) in [6.45, 7) is 0. The maximum absolute atomic E-state index is 12.7. The van der Waals surface area contributed by atoms with Gasteiger partial charge in [0.1, 0.15) is 17.1 Å². The number of nitrogens with zero attached hydrogens (tertiary/aromatic N) is 1. The molecule has 3 aromatic rings. The number of nitrogens with one attached hydrogen (secondary N) is 1. The molecule has 5 nitrogen and oxygen atoms in total. The molecule has 2 aromatic carbocycles. The molecule has 0 aliphatic carbocycles. The van der Waals surface area contributed by atoms with Gasteiger partial charge in [-0.1, -0.05) is 29.3 Å². The zero-order chi connectivity index (χ0) is 18.7. The van der Waals surface area contributed by atoms with Gasteiger partial charge in [0.2, 0.25) is 0 Å². The first-order chi connectivity index (χ1) is 12.5. The standard InChI is InChI=1S/C18H14Cl2N2O3S/c1-24-14-4-3-5-15(25-2)16(14)17(23)22-18-21-13(9-26-18)11-8-10(19)6-7-12(11)20/h3-9H,1-2H3,(H,21,22,23). The smallest absolute Gasteiger partial charge is 0.265 e. The number of hydrogen-bond donors (Lipinski definition) is 1. The summed E-state index contributed by atoms with van der Waals surface area (Å²) in [4.78, 5) is 17.1. The molecule has 26 heavy (non-hydrogen) atoms. The van der Waals surface area contributed by atoms with Crippen LogP contribution in [-0.2, 0) is 0 Å². The molecular weight excluding hydrogens is 395 g/mol. The summed E-state index contributed by atoms with van der Waals surface area (Å²) in [5.74, 6) is 0.449. The van der Waals surface area contributed by atoms with E-state index in [2.05, 4.69) is 10.3 Å². The van der Waals surface area contributed by atoms with Crippen LogP contribution in [0.5, 0.6) is 11.5 Å². The lowest BCUT2D eigenvalue weighted by Crippen LogP contribution is -2.14. The molecule has 8 heteroatoms. The predicted molar refractivity (Wildman–Crippen MR) is 105 cm³/mol. The minimum absolute atomic E-state index is 0.301. The summed E-state index contributed by atoms with van der Waals surface area (Å²) in [5, 5.41) is 6.08. The number of amides is 1. The van der Waals surface area contributed by atoms with E-state index in [-0.39, 0.29) is 5.91 Å². The first-order valence-electron chi connectivity index (χ1n) is 7.46. The lowest BCUT2D eigenvalue weighted by atomic mass is 10.1. The van der Waals surface area contributed by atoms with Crippen molar-refractivity contribution in [3.05, 3.63) is 57.4 Å². The van der Waals surface area contributed by atoms with E-state index in [4.69, 9.17) is 32.7 Å². The van der Waals surface area contributed by atoms with Crippen LogP contribution in [0.3, 0.4) is 0 Å². The molecule has 1 heterocycles. The second-order valence-corrected chi connectivity index (χ2v) is 6.86. The van der Waals surface area contributed by atoms with Crippen LogP contribution in [0.15, 0.2) is 41.8 Å². The van der Waals surface area contributed by atoms with Crippen LogP contribution in [0, 0.1) is 0 Å². The highest BCUT2D eigenvalue weighted by atomic mass is 35.5. The van der Waals surface area contributed by atoms with Gasteiger partial charge in [-0.2, -0.15) is 0 Å². The van der Waals surface area contributed by atoms with Crippen LogP contribution >= 0.6 is 34.5 Å². The van der Waals surface area contributed by atoms with Gasteiger partial charge < -0.3 is 9.47 Å². The van der Waals surface area contributed by atoms with Crippen molar-refractivity contribution in [2.45, 2.75) is 0 Å². The summed E-state index contributed by atoms with van der Waals surface area (Å²) in [6.07, 6.45) is 0. The molecule has 0 aliphatic rings. The molecule has 3 rings (SSSR count). The lowest BCUT2D eigenvalue weighted by Gasteiger charge is -2.11. The molecule has 0 saturated heterocycles. The van der Waals surface area contributed by atoms with Gasteiger partial charge in [-0.25, -0.2) is 4.98 Å². The Kier molecular flexibility index (Phi) is 5.66. The third-order valence-electron chi connectivity index (χ3n) is 3.58. The van der Waals surface area contributed by atoms with Gasteiger partial charge in [0.05, 0.1) is 24.9 Å². The van der Waals surface area contributed by atoms with E-state index in [1.54, 1.807) is 41.8 Å². The van der Waals surface area contributed by atoms with Crippen molar-refractivity contribution in [1.82, 2.24) is 4.98 Å². The summed E-state index contributed by atoms with van der Waals surface area (Å²) < 4.78 is 10.5. The number of halogens is 2. The maximum atomic E-state index is 12.7. The average Bonchev–Trinajstić information content (AvgIpc) is 3.10. The number of carbonyl (C=O) groups is 1. The van der Waals surface area contributed by atoms with Crippen LogP contribution in [-0.4, -0.2) is 25.1 Å². The van der Waals surface area contributed by atoms with Crippen LogP contribution in [0.25, 0.3) is 11.3 Å². The molecular formula is C18H14Cl2N2O3S. The molecule has 1 N–H and O–H groups in total. The molecule has 0 fully saturated rings. The van der Waals surface area contributed by atoms with E-state index in [1.165, 1.54) is 25.6 Å². The van der Waals surface area contributed by atoms with Gasteiger partial charge in [0, 0.05) is 16.0 Å². The Morgan fingerprint density at radius 1 is 1.12 bits per heavy atom. The van der Waals surface area contributed by atoms with Gasteiger partial charge in [-0.15, -0.1) is 11.3 Å². The Bertz CT molecular complexity index is 937. The molecule has 1 aromatic heterocycles. The van der Waals surface area contributed by atoms with Crippen molar-refractivity contribution in [2.75, 3.05) is 19.5 Å². The van der Waals surface area contributed by atoms with Gasteiger partial charge >= 0.3 is 0 Å². The predicted octanol–water partition coefficient (Wildman–Crippen LogP) is 5.39. The van der Waals surface area contributed by atoms with Crippen molar-refractivity contribution in [2.24, 2.45) is 0 Å². The summed E-state index contributed by atoms with van der Waals surface area (Å²) >= 11 is 13.5. The topological polar surface area (TPSA) is 60.5 Å². The number of benzene rings is 2. The number of ether oxygens (including phenoxy) is 2. The minimum atomic E-state index is -0.377. The van der Waals surface area contributed by atoms with Crippen LogP contribution in [0.2, 0.25) is 10.0 Å². The fourth-order valence-electron chi connectivity index (χ4n) is 2.38. The van der Waals surface area contributed by atoms with Crippen molar-refractivity contribution < 1.29 is 14.3 Å². The van der Waals surface area contributed by atoms with Crippen LogP contribution in [0.4, 0.5) is 5.13 Å². The molecule has 0 aliphatic heterocycles. The van der Waals surface area contributed by atoms with Gasteiger partial charge in [0.15, 0.2) is 5.13 Å². The Labute approximate surface area is 164 Å². The van der Waals surface area contributed by atoms with Crippen LogP contribution in [0.1, 0.15) is 10.4 Å². The molecule has 134 valence electrons. The highest BCUT2D eigenvalue weighted by Gasteiger charge is 2.19. The number of carbonyl (C=O) groups excluding carboxylic acids is 1. The zero-order valence-corrected chi connectivity index (χ0v) is 16.2.